The topological polar surface area (TPSA) is 55.1 Å². The minimum atomic E-state index is -0.535. The number of amides is 1. The molecule has 0 bridgehead atoms. The van der Waals surface area contributed by atoms with Crippen molar-refractivity contribution in [3.8, 4) is 0 Å². The van der Waals surface area contributed by atoms with E-state index in [2.05, 4.69) is 12.2 Å². The minimum Gasteiger partial charge on any atom is -0.350 e. The molecule has 1 aliphatic rings. The molecule has 0 spiro atoms. The van der Waals surface area contributed by atoms with Gasteiger partial charge in [0.2, 0.25) is 5.91 Å². The van der Waals surface area contributed by atoms with E-state index in [0.717, 1.165) is 19.3 Å². The molecular formula is C9H18N2O. The van der Waals surface area contributed by atoms with Crippen LogP contribution in [0.25, 0.3) is 0 Å². The fourth-order valence-electron chi connectivity index (χ4n) is 0.882. The Bertz CT molecular complexity index is 195. The third kappa shape index (κ3) is 1.97. The van der Waals surface area contributed by atoms with Gasteiger partial charge in [0, 0.05) is 5.54 Å². The molecule has 70 valence electrons. The van der Waals surface area contributed by atoms with Gasteiger partial charge in [-0.2, -0.15) is 0 Å². The number of nitrogens with one attached hydrogen (secondary N) is 1. The van der Waals surface area contributed by atoms with Crippen LogP contribution in [0.1, 0.15) is 40.0 Å². The minimum absolute atomic E-state index is 0.00866. The van der Waals surface area contributed by atoms with E-state index in [4.69, 9.17) is 5.73 Å². The van der Waals surface area contributed by atoms with Crippen LogP contribution in [0, 0.1) is 0 Å². The lowest BCUT2D eigenvalue weighted by atomic mass is 10.0. The average molecular weight is 170 g/mol. The quantitative estimate of drug-likeness (QED) is 0.657. The molecule has 0 aromatic carbocycles. The Balaban J connectivity index is 2.46. The van der Waals surface area contributed by atoms with Gasteiger partial charge in [-0.1, -0.05) is 6.92 Å². The molecule has 12 heavy (non-hydrogen) atoms. The van der Waals surface area contributed by atoms with E-state index in [1.54, 1.807) is 0 Å². The van der Waals surface area contributed by atoms with Gasteiger partial charge in [-0.05, 0) is 33.1 Å². The number of rotatable bonds is 3. The van der Waals surface area contributed by atoms with Crippen molar-refractivity contribution in [2.75, 3.05) is 0 Å². The summed E-state index contributed by atoms with van der Waals surface area (Å²) in [6.07, 6.45) is 2.59. The van der Waals surface area contributed by atoms with Gasteiger partial charge >= 0.3 is 0 Å². The van der Waals surface area contributed by atoms with E-state index in [-0.39, 0.29) is 11.4 Å². The first kappa shape index (κ1) is 9.52. The molecule has 0 heterocycles. The normalized spacial score (nSPS) is 20.3. The monoisotopic (exact) mass is 170 g/mol. The van der Waals surface area contributed by atoms with Crippen molar-refractivity contribution in [3.63, 3.8) is 0 Å². The Morgan fingerprint density at radius 2 is 2.08 bits per heavy atom. The summed E-state index contributed by atoms with van der Waals surface area (Å²) < 4.78 is 0. The fourth-order valence-corrected chi connectivity index (χ4v) is 0.882. The third-order valence-electron chi connectivity index (χ3n) is 2.58. The maximum Gasteiger partial charge on any atom is 0.240 e. The zero-order valence-corrected chi connectivity index (χ0v) is 8.11. The molecule has 0 saturated heterocycles. The number of hydrogen-bond acceptors (Lipinski definition) is 2. The molecule has 3 N–H and O–H groups in total. The van der Waals surface area contributed by atoms with Crippen LogP contribution in [0.3, 0.4) is 0 Å². The van der Waals surface area contributed by atoms with Crippen LogP contribution in [-0.2, 0) is 4.79 Å². The molecule has 1 amide bonds. The largest absolute Gasteiger partial charge is 0.350 e. The summed E-state index contributed by atoms with van der Waals surface area (Å²) in [5.74, 6) is 0.00866. The van der Waals surface area contributed by atoms with Gasteiger partial charge < -0.3 is 11.1 Å². The zero-order chi connectivity index (χ0) is 9.41. The highest BCUT2D eigenvalue weighted by Gasteiger charge is 2.46. The van der Waals surface area contributed by atoms with E-state index in [0.29, 0.717) is 0 Å². The summed E-state index contributed by atoms with van der Waals surface area (Å²) in [6.45, 7) is 6.07. The van der Waals surface area contributed by atoms with E-state index >= 15 is 0 Å². The zero-order valence-electron chi connectivity index (χ0n) is 8.11. The Labute approximate surface area is 73.7 Å². The predicted octanol–water partition coefficient (Wildman–Crippen LogP) is 0.782. The summed E-state index contributed by atoms with van der Waals surface area (Å²) in [5.41, 5.74) is 5.09. The number of nitrogens with two attached hydrogens (primary N) is 1. The van der Waals surface area contributed by atoms with Crippen LogP contribution < -0.4 is 11.1 Å². The molecule has 1 saturated carbocycles. The molecule has 1 fully saturated rings. The highest BCUT2D eigenvalue weighted by molar-refractivity contribution is 5.89. The molecule has 0 radical (unpaired) electrons. The van der Waals surface area contributed by atoms with Crippen LogP contribution in [0.5, 0.6) is 0 Å². The molecule has 1 aliphatic carbocycles. The van der Waals surface area contributed by atoms with Crippen LogP contribution in [-0.4, -0.2) is 17.0 Å². The Morgan fingerprint density at radius 3 is 2.42 bits per heavy atom. The summed E-state index contributed by atoms with van der Waals surface area (Å²) in [4.78, 5) is 11.5. The second-order valence-corrected chi connectivity index (χ2v) is 4.35. The highest BCUT2D eigenvalue weighted by Crippen LogP contribution is 2.32. The van der Waals surface area contributed by atoms with E-state index < -0.39 is 5.54 Å². The molecule has 3 nitrogen and oxygen atoms in total. The number of carbonyl (C=O) groups excluding carboxylic acids is 1. The van der Waals surface area contributed by atoms with Crippen molar-refractivity contribution in [3.05, 3.63) is 0 Å². The number of hydrogen-bond donors (Lipinski definition) is 2. The SMILES string of the molecule is CCC(C)(C)NC(=O)C1(N)CC1. The van der Waals surface area contributed by atoms with E-state index in [1.807, 2.05) is 13.8 Å². The van der Waals surface area contributed by atoms with Gasteiger partial charge in [-0.3, -0.25) is 4.79 Å². The second kappa shape index (κ2) is 2.73. The van der Waals surface area contributed by atoms with Gasteiger partial charge in [-0.25, -0.2) is 0 Å². The molecule has 0 aromatic heterocycles. The molecule has 3 heteroatoms. The van der Waals surface area contributed by atoms with Crippen molar-refractivity contribution < 1.29 is 4.79 Å². The standard InChI is InChI=1S/C9H18N2O/c1-4-8(2,3)11-7(12)9(10)5-6-9/h4-6,10H2,1-3H3,(H,11,12). The van der Waals surface area contributed by atoms with E-state index in [9.17, 15) is 4.79 Å². The van der Waals surface area contributed by atoms with Crippen LogP contribution in [0.2, 0.25) is 0 Å². The van der Waals surface area contributed by atoms with Crippen LogP contribution in [0.4, 0.5) is 0 Å². The average Bonchev–Trinajstić information content (AvgIpc) is 2.69. The Kier molecular flexibility index (Phi) is 2.17. The Hall–Kier alpha value is -0.570. The summed E-state index contributed by atoms with van der Waals surface area (Å²) in [5, 5.41) is 2.94. The maximum atomic E-state index is 11.5. The molecule has 0 aliphatic heterocycles. The second-order valence-electron chi connectivity index (χ2n) is 4.35. The maximum absolute atomic E-state index is 11.5. The summed E-state index contributed by atoms with van der Waals surface area (Å²) in [6, 6.07) is 0. The third-order valence-corrected chi connectivity index (χ3v) is 2.58. The first-order valence-electron chi connectivity index (χ1n) is 4.51. The van der Waals surface area contributed by atoms with Gasteiger partial charge in [-0.15, -0.1) is 0 Å². The summed E-state index contributed by atoms with van der Waals surface area (Å²) >= 11 is 0. The van der Waals surface area contributed by atoms with Gasteiger partial charge in [0.05, 0.1) is 5.54 Å². The van der Waals surface area contributed by atoms with Gasteiger partial charge in [0.1, 0.15) is 0 Å². The summed E-state index contributed by atoms with van der Waals surface area (Å²) in [7, 11) is 0. The van der Waals surface area contributed by atoms with Crippen molar-refractivity contribution in [2.24, 2.45) is 5.73 Å². The smallest absolute Gasteiger partial charge is 0.240 e. The Morgan fingerprint density at radius 1 is 1.58 bits per heavy atom. The lowest BCUT2D eigenvalue weighted by Crippen LogP contribution is -2.51. The molecular weight excluding hydrogens is 152 g/mol. The van der Waals surface area contributed by atoms with Crippen molar-refractivity contribution in [2.45, 2.75) is 51.1 Å². The predicted molar refractivity (Wildman–Crippen MR) is 48.7 cm³/mol. The molecule has 0 aromatic rings. The molecule has 0 unspecified atom stereocenters. The lowest BCUT2D eigenvalue weighted by molar-refractivity contribution is -0.124. The first-order chi connectivity index (χ1) is 5.40. The molecule has 0 atom stereocenters. The van der Waals surface area contributed by atoms with Gasteiger partial charge in [0.15, 0.2) is 0 Å². The highest BCUT2D eigenvalue weighted by atomic mass is 16.2. The fraction of sp³-hybridized carbons (Fsp3) is 0.889. The molecule has 1 rings (SSSR count). The lowest BCUT2D eigenvalue weighted by Gasteiger charge is -2.26. The number of carbonyl (C=O) groups is 1. The van der Waals surface area contributed by atoms with Crippen molar-refractivity contribution in [1.29, 1.82) is 0 Å². The van der Waals surface area contributed by atoms with E-state index in [1.165, 1.54) is 0 Å². The first-order valence-corrected chi connectivity index (χ1v) is 4.51. The van der Waals surface area contributed by atoms with Gasteiger partial charge in [0.25, 0.3) is 0 Å². The van der Waals surface area contributed by atoms with Crippen LogP contribution >= 0.6 is 0 Å². The van der Waals surface area contributed by atoms with Crippen molar-refractivity contribution in [1.82, 2.24) is 5.32 Å². The van der Waals surface area contributed by atoms with Crippen molar-refractivity contribution >= 4 is 5.91 Å². The van der Waals surface area contributed by atoms with Crippen LogP contribution in [0.15, 0.2) is 0 Å².